The Morgan fingerprint density at radius 1 is 0.861 bits per heavy atom. The first-order chi connectivity index (χ1) is 17.4. The van der Waals surface area contributed by atoms with Gasteiger partial charge in [-0.25, -0.2) is 0 Å². The molecule has 0 saturated heterocycles. The van der Waals surface area contributed by atoms with Crippen LogP contribution in [0.2, 0.25) is 10.0 Å². The lowest BCUT2D eigenvalue weighted by molar-refractivity contribution is -0.141. The number of carbonyl (C=O) groups excluding carboxylic acids is 2. The van der Waals surface area contributed by atoms with E-state index in [4.69, 9.17) is 23.2 Å². The molecule has 1 saturated carbocycles. The number of halogens is 2. The van der Waals surface area contributed by atoms with Gasteiger partial charge in [-0.2, -0.15) is 0 Å². The van der Waals surface area contributed by atoms with Crippen LogP contribution in [0.4, 0.5) is 0 Å². The smallest absolute Gasteiger partial charge is 0.242 e. The first kappa shape index (κ1) is 26.2. The molecule has 6 heteroatoms. The first-order valence-electron chi connectivity index (χ1n) is 12.6. The molecule has 3 aromatic rings. The van der Waals surface area contributed by atoms with Crippen LogP contribution in [-0.4, -0.2) is 28.8 Å². The maximum absolute atomic E-state index is 14.0. The van der Waals surface area contributed by atoms with Crippen LogP contribution in [0.15, 0.2) is 78.9 Å². The molecule has 1 atom stereocenters. The molecular weight excluding hydrogens is 491 g/mol. The van der Waals surface area contributed by atoms with Crippen LogP contribution in [0, 0.1) is 0 Å². The van der Waals surface area contributed by atoms with Gasteiger partial charge < -0.3 is 10.2 Å². The number of hydrogen-bond donors (Lipinski definition) is 1. The predicted molar refractivity (Wildman–Crippen MR) is 146 cm³/mol. The van der Waals surface area contributed by atoms with Crippen molar-refractivity contribution in [3.63, 3.8) is 0 Å². The van der Waals surface area contributed by atoms with E-state index in [2.05, 4.69) is 5.32 Å². The molecule has 1 N–H and O–H groups in total. The maximum atomic E-state index is 14.0. The molecule has 1 aliphatic rings. The summed E-state index contributed by atoms with van der Waals surface area (Å²) in [5.74, 6) is -0.415. The zero-order valence-corrected chi connectivity index (χ0v) is 22.0. The fraction of sp³-hybridized carbons (Fsp3) is 0.333. The van der Waals surface area contributed by atoms with Crippen LogP contribution in [0.3, 0.4) is 0 Å². The molecule has 0 heterocycles. The molecule has 188 valence electrons. The van der Waals surface area contributed by atoms with Gasteiger partial charge in [0.15, 0.2) is 0 Å². The van der Waals surface area contributed by atoms with Crippen LogP contribution >= 0.6 is 23.2 Å². The average molecular weight is 524 g/mol. The van der Waals surface area contributed by atoms with Crippen molar-refractivity contribution in [2.75, 3.05) is 0 Å². The molecule has 0 aromatic heterocycles. The van der Waals surface area contributed by atoms with Crippen molar-refractivity contribution in [3.8, 4) is 0 Å². The summed E-state index contributed by atoms with van der Waals surface area (Å²) in [6.45, 7) is 1.94. The third-order valence-corrected chi connectivity index (χ3v) is 7.75. The summed E-state index contributed by atoms with van der Waals surface area (Å²) in [4.78, 5) is 28.9. The molecule has 1 aliphatic carbocycles. The number of nitrogens with one attached hydrogen (secondary N) is 1. The summed E-state index contributed by atoms with van der Waals surface area (Å²) in [7, 11) is 0. The summed E-state index contributed by atoms with van der Waals surface area (Å²) < 4.78 is 0. The molecule has 3 aromatic carbocycles. The first-order valence-corrected chi connectivity index (χ1v) is 13.3. The number of amides is 2. The molecule has 4 nitrogen and oxygen atoms in total. The van der Waals surface area contributed by atoms with Crippen LogP contribution < -0.4 is 5.32 Å². The van der Waals surface area contributed by atoms with Gasteiger partial charge in [0.2, 0.25) is 11.8 Å². The number of benzene rings is 3. The Bertz CT molecular complexity index is 1100. The van der Waals surface area contributed by atoms with Crippen molar-refractivity contribution in [1.82, 2.24) is 10.2 Å². The molecule has 0 aliphatic heterocycles. The zero-order chi connectivity index (χ0) is 25.5. The van der Waals surface area contributed by atoms with Gasteiger partial charge >= 0.3 is 0 Å². The van der Waals surface area contributed by atoms with Gasteiger partial charge in [-0.3, -0.25) is 9.59 Å². The molecule has 36 heavy (non-hydrogen) atoms. The predicted octanol–water partition coefficient (Wildman–Crippen LogP) is 6.99. The second kappa shape index (κ2) is 12.4. The van der Waals surface area contributed by atoms with Gasteiger partial charge in [-0.05, 0) is 43.0 Å². The highest BCUT2D eigenvalue weighted by Gasteiger charge is 2.31. The van der Waals surface area contributed by atoms with E-state index in [1.165, 1.54) is 0 Å². The molecular formula is C30H32Cl2N2O2. The van der Waals surface area contributed by atoms with E-state index >= 15 is 0 Å². The monoisotopic (exact) mass is 522 g/mol. The van der Waals surface area contributed by atoms with Crippen molar-refractivity contribution in [2.24, 2.45) is 0 Å². The molecule has 2 amide bonds. The highest BCUT2D eigenvalue weighted by molar-refractivity contribution is 6.36. The molecule has 1 fully saturated rings. The van der Waals surface area contributed by atoms with Crippen molar-refractivity contribution in [2.45, 2.75) is 63.6 Å². The van der Waals surface area contributed by atoms with E-state index in [-0.39, 0.29) is 36.7 Å². The molecule has 4 rings (SSSR count). The van der Waals surface area contributed by atoms with E-state index in [1.807, 2.05) is 60.7 Å². The van der Waals surface area contributed by atoms with Crippen LogP contribution in [0.25, 0.3) is 0 Å². The third-order valence-electron chi connectivity index (χ3n) is 7.04. The normalized spacial score (nSPS) is 14.6. The van der Waals surface area contributed by atoms with E-state index < -0.39 is 6.04 Å². The number of rotatable bonds is 9. The second-order valence-corrected chi connectivity index (χ2v) is 10.3. The zero-order valence-electron chi connectivity index (χ0n) is 20.5. The fourth-order valence-electron chi connectivity index (χ4n) is 4.92. The minimum Gasteiger partial charge on any atom is -0.352 e. The van der Waals surface area contributed by atoms with Gasteiger partial charge in [0.25, 0.3) is 0 Å². The van der Waals surface area contributed by atoms with Crippen molar-refractivity contribution >= 4 is 35.0 Å². The molecule has 0 radical (unpaired) electrons. The van der Waals surface area contributed by atoms with Gasteiger partial charge in [0.05, 0.1) is 0 Å². The lowest BCUT2D eigenvalue weighted by atomic mass is 9.88. The standard InChI is InChI=1S/C30H32Cl2N2O2/c1-21(30(36)33-24-15-8-9-16-24)34(20-26-27(31)17-10-18-28(26)32)29(35)19-25(22-11-4-2-5-12-22)23-13-6-3-7-14-23/h2-7,10-14,17-18,21,24-25H,8-9,15-16,19-20H2,1H3,(H,33,36). The summed E-state index contributed by atoms with van der Waals surface area (Å²) in [5.41, 5.74) is 2.75. The van der Waals surface area contributed by atoms with Crippen LogP contribution in [0.1, 0.15) is 61.6 Å². The number of hydrogen-bond acceptors (Lipinski definition) is 2. The van der Waals surface area contributed by atoms with Crippen LogP contribution in [0.5, 0.6) is 0 Å². The van der Waals surface area contributed by atoms with Crippen molar-refractivity contribution < 1.29 is 9.59 Å². The minimum atomic E-state index is -0.669. The quantitative estimate of drug-likeness (QED) is 0.329. The maximum Gasteiger partial charge on any atom is 0.242 e. The third kappa shape index (κ3) is 6.48. The number of carbonyl (C=O) groups is 2. The largest absolute Gasteiger partial charge is 0.352 e. The highest BCUT2D eigenvalue weighted by Crippen LogP contribution is 2.31. The Morgan fingerprint density at radius 3 is 1.92 bits per heavy atom. The minimum absolute atomic E-state index is 0.127. The SMILES string of the molecule is CC(C(=O)NC1CCCC1)N(Cc1c(Cl)cccc1Cl)C(=O)CC(c1ccccc1)c1ccccc1. The van der Waals surface area contributed by atoms with Gasteiger partial charge in [0.1, 0.15) is 6.04 Å². The lowest BCUT2D eigenvalue weighted by Gasteiger charge is -2.31. The number of nitrogens with zero attached hydrogens (tertiary/aromatic N) is 1. The summed E-state index contributed by atoms with van der Waals surface area (Å²) in [5, 5.41) is 4.10. The van der Waals surface area contributed by atoms with Gasteiger partial charge in [-0.1, -0.05) is 103 Å². The van der Waals surface area contributed by atoms with Gasteiger partial charge in [0, 0.05) is 40.5 Å². The highest BCUT2D eigenvalue weighted by atomic mass is 35.5. The summed E-state index contributed by atoms with van der Waals surface area (Å²) in [6, 6.07) is 24.8. The second-order valence-electron chi connectivity index (χ2n) is 9.47. The summed E-state index contributed by atoms with van der Waals surface area (Å²) in [6.07, 6.45) is 4.41. The molecule has 0 spiro atoms. The van der Waals surface area contributed by atoms with Gasteiger partial charge in [-0.15, -0.1) is 0 Å². The van der Waals surface area contributed by atoms with Crippen LogP contribution in [-0.2, 0) is 16.1 Å². The summed E-state index contributed by atoms with van der Waals surface area (Å²) >= 11 is 12.9. The Hall–Kier alpha value is -2.82. The van der Waals surface area contributed by atoms with E-state index in [0.29, 0.717) is 15.6 Å². The molecule has 1 unspecified atom stereocenters. The Labute approximate surface area is 223 Å². The lowest BCUT2D eigenvalue weighted by Crippen LogP contribution is -2.50. The Kier molecular flexibility index (Phi) is 9.06. The fourth-order valence-corrected chi connectivity index (χ4v) is 5.44. The van der Waals surface area contributed by atoms with Crippen molar-refractivity contribution in [1.29, 1.82) is 0 Å². The van der Waals surface area contributed by atoms with E-state index in [1.54, 1.807) is 30.0 Å². The Morgan fingerprint density at radius 2 is 1.39 bits per heavy atom. The van der Waals surface area contributed by atoms with E-state index in [9.17, 15) is 9.59 Å². The molecule has 0 bridgehead atoms. The topological polar surface area (TPSA) is 49.4 Å². The van der Waals surface area contributed by atoms with Crippen molar-refractivity contribution in [3.05, 3.63) is 106 Å². The Balaban J connectivity index is 1.63. The average Bonchev–Trinajstić information content (AvgIpc) is 3.41. The van der Waals surface area contributed by atoms with E-state index in [0.717, 1.165) is 36.8 Å².